The highest BCUT2D eigenvalue weighted by Gasteiger charge is 2.11. The van der Waals surface area contributed by atoms with Gasteiger partial charge in [-0.1, -0.05) is 0 Å². The maximum atomic E-state index is 13.7. The minimum absolute atomic E-state index is 0.0390. The van der Waals surface area contributed by atoms with Crippen molar-refractivity contribution in [2.45, 2.75) is 13.0 Å². The normalized spacial score (nSPS) is 10.4. The second-order valence-electron chi connectivity index (χ2n) is 4.33. The van der Waals surface area contributed by atoms with E-state index < -0.39 is 11.7 Å². The van der Waals surface area contributed by atoms with Crippen molar-refractivity contribution in [1.82, 2.24) is 9.78 Å². The highest BCUT2D eigenvalue weighted by molar-refractivity contribution is 5.99. The number of rotatable bonds is 6. The van der Waals surface area contributed by atoms with Crippen LogP contribution in [-0.4, -0.2) is 22.2 Å². The van der Waals surface area contributed by atoms with E-state index in [0.717, 1.165) is 19.0 Å². The number of anilines is 2. The van der Waals surface area contributed by atoms with Crippen LogP contribution in [0.3, 0.4) is 0 Å². The van der Waals surface area contributed by atoms with Gasteiger partial charge in [0.2, 0.25) is 0 Å². The van der Waals surface area contributed by atoms with Crippen LogP contribution in [0.15, 0.2) is 30.6 Å². The largest absolute Gasteiger partial charge is 0.398 e. The Labute approximate surface area is 115 Å². The number of nitrogens with one attached hydrogen (secondary N) is 1. The fraction of sp³-hybridized carbons (Fsp3) is 0.231. The van der Waals surface area contributed by atoms with Crippen molar-refractivity contribution in [3.05, 3.63) is 42.0 Å². The number of nitrogens with zero attached hydrogens (tertiary/aromatic N) is 2. The molecule has 0 unspecified atom stereocenters. The first kappa shape index (κ1) is 13.9. The van der Waals surface area contributed by atoms with Crippen molar-refractivity contribution in [3.8, 4) is 0 Å². The van der Waals surface area contributed by atoms with Crippen molar-refractivity contribution in [3.63, 3.8) is 0 Å². The molecule has 0 atom stereocenters. The summed E-state index contributed by atoms with van der Waals surface area (Å²) in [6, 6.07) is 4.27. The summed E-state index contributed by atoms with van der Waals surface area (Å²) in [5.41, 5.74) is 11.1. The quantitative estimate of drug-likeness (QED) is 0.546. The summed E-state index contributed by atoms with van der Waals surface area (Å²) >= 11 is 0. The lowest BCUT2D eigenvalue weighted by molar-refractivity contribution is 0.100. The maximum Gasteiger partial charge on any atom is 0.250 e. The number of carbonyl (C=O) groups excluding carboxylic acids is 1. The minimum Gasteiger partial charge on any atom is -0.398 e. The van der Waals surface area contributed by atoms with Crippen LogP contribution in [0.4, 0.5) is 15.8 Å². The van der Waals surface area contributed by atoms with E-state index in [9.17, 15) is 9.18 Å². The molecule has 0 saturated heterocycles. The fourth-order valence-electron chi connectivity index (χ4n) is 1.83. The van der Waals surface area contributed by atoms with Gasteiger partial charge in [0.05, 0.1) is 11.3 Å². The van der Waals surface area contributed by atoms with Crippen molar-refractivity contribution < 1.29 is 9.18 Å². The molecule has 106 valence electrons. The van der Waals surface area contributed by atoms with Gasteiger partial charge in [0.15, 0.2) is 0 Å². The smallest absolute Gasteiger partial charge is 0.250 e. The highest BCUT2D eigenvalue weighted by atomic mass is 19.1. The van der Waals surface area contributed by atoms with Crippen LogP contribution in [0, 0.1) is 5.82 Å². The predicted octanol–water partition coefficient (Wildman–Crippen LogP) is 1.21. The molecule has 0 radical (unpaired) electrons. The fourth-order valence-corrected chi connectivity index (χ4v) is 1.83. The molecule has 0 aliphatic rings. The molecule has 1 amide bonds. The highest BCUT2D eigenvalue weighted by Crippen LogP contribution is 2.21. The Balaban J connectivity index is 1.95. The molecular formula is C13H16FN5O. The molecule has 2 aromatic rings. The molecule has 6 nitrogen and oxygen atoms in total. The summed E-state index contributed by atoms with van der Waals surface area (Å²) in [4.78, 5) is 11.2. The van der Waals surface area contributed by atoms with Gasteiger partial charge in [-0.3, -0.25) is 9.48 Å². The van der Waals surface area contributed by atoms with Gasteiger partial charge in [0.1, 0.15) is 5.82 Å². The van der Waals surface area contributed by atoms with Gasteiger partial charge >= 0.3 is 0 Å². The molecule has 0 aliphatic carbocycles. The lowest BCUT2D eigenvalue weighted by Crippen LogP contribution is -2.15. The average Bonchev–Trinajstić information content (AvgIpc) is 2.89. The Morgan fingerprint density at radius 1 is 1.45 bits per heavy atom. The van der Waals surface area contributed by atoms with Gasteiger partial charge in [-0.15, -0.1) is 0 Å². The molecule has 1 aromatic heterocycles. The third kappa shape index (κ3) is 3.25. The van der Waals surface area contributed by atoms with E-state index in [1.54, 1.807) is 10.9 Å². The van der Waals surface area contributed by atoms with Gasteiger partial charge in [-0.05, 0) is 24.6 Å². The van der Waals surface area contributed by atoms with Crippen LogP contribution >= 0.6 is 0 Å². The lowest BCUT2D eigenvalue weighted by Gasteiger charge is -2.10. The van der Waals surface area contributed by atoms with E-state index in [1.165, 1.54) is 6.07 Å². The summed E-state index contributed by atoms with van der Waals surface area (Å²) in [7, 11) is 0. The molecule has 2 rings (SSSR count). The van der Waals surface area contributed by atoms with Gasteiger partial charge in [-0.2, -0.15) is 5.10 Å². The summed E-state index contributed by atoms with van der Waals surface area (Å²) in [6.07, 6.45) is 4.32. The average molecular weight is 277 g/mol. The van der Waals surface area contributed by atoms with Crippen LogP contribution in [0.5, 0.6) is 0 Å². The zero-order valence-electron chi connectivity index (χ0n) is 10.8. The minimum atomic E-state index is -0.679. The molecule has 0 bridgehead atoms. The number of amides is 1. The molecule has 1 heterocycles. The maximum absolute atomic E-state index is 13.7. The molecule has 1 aromatic carbocycles. The first-order chi connectivity index (χ1) is 9.58. The van der Waals surface area contributed by atoms with Crippen molar-refractivity contribution >= 4 is 17.3 Å². The van der Waals surface area contributed by atoms with Gasteiger partial charge < -0.3 is 16.8 Å². The van der Waals surface area contributed by atoms with E-state index in [1.807, 2.05) is 12.3 Å². The van der Waals surface area contributed by atoms with E-state index in [2.05, 4.69) is 10.4 Å². The molecule has 7 heteroatoms. The summed E-state index contributed by atoms with van der Waals surface area (Å²) < 4.78 is 15.5. The molecule has 5 N–H and O–H groups in total. The van der Waals surface area contributed by atoms with Crippen LogP contribution < -0.4 is 16.8 Å². The Hall–Kier alpha value is -2.57. The number of nitrogen functional groups attached to an aromatic ring is 1. The van der Waals surface area contributed by atoms with E-state index >= 15 is 0 Å². The zero-order valence-corrected chi connectivity index (χ0v) is 10.8. The first-order valence-corrected chi connectivity index (χ1v) is 6.18. The third-order valence-electron chi connectivity index (χ3n) is 2.84. The third-order valence-corrected chi connectivity index (χ3v) is 2.84. The van der Waals surface area contributed by atoms with Crippen LogP contribution in [0.25, 0.3) is 0 Å². The molecule has 0 aliphatic heterocycles. The number of aryl methyl sites for hydroxylation is 1. The van der Waals surface area contributed by atoms with Crippen LogP contribution in [0.2, 0.25) is 0 Å². The number of primary amides is 1. The predicted molar refractivity (Wildman–Crippen MR) is 74.7 cm³/mol. The number of benzene rings is 1. The SMILES string of the molecule is NC(=O)c1cc(NCCCn2cccn2)c(F)cc1N. The standard InChI is InChI=1S/C13H16FN5O/c14-10-8-11(15)9(13(16)20)7-12(10)17-3-1-5-19-6-2-4-18-19/h2,4,6-8,17H,1,3,5,15H2,(H2,16,20). The Morgan fingerprint density at radius 3 is 2.90 bits per heavy atom. The summed E-state index contributed by atoms with van der Waals surface area (Å²) in [6.45, 7) is 1.26. The van der Waals surface area contributed by atoms with Gasteiger partial charge in [0.25, 0.3) is 5.91 Å². The Kier molecular flexibility index (Phi) is 4.19. The van der Waals surface area contributed by atoms with Crippen molar-refractivity contribution in [1.29, 1.82) is 0 Å². The summed E-state index contributed by atoms with van der Waals surface area (Å²) in [5.74, 6) is -1.19. The Bertz CT molecular complexity index is 597. The van der Waals surface area contributed by atoms with E-state index in [-0.39, 0.29) is 16.9 Å². The van der Waals surface area contributed by atoms with Crippen LogP contribution in [-0.2, 0) is 6.54 Å². The number of nitrogens with two attached hydrogens (primary N) is 2. The lowest BCUT2D eigenvalue weighted by atomic mass is 10.1. The first-order valence-electron chi connectivity index (χ1n) is 6.18. The van der Waals surface area contributed by atoms with E-state index in [0.29, 0.717) is 6.54 Å². The molecule has 0 spiro atoms. The number of hydrogen-bond donors (Lipinski definition) is 3. The summed E-state index contributed by atoms with van der Waals surface area (Å²) in [5, 5.41) is 6.98. The second kappa shape index (κ2) is 6.05. The van der Waals surface area contributed by atoms with Crippen LogP contribution in [0.1, 0.15) is 16.8 Å². The number of carbonyl (C=O) groups is 1. The molecule has 20 heavy (non-hydrogen) atoms. The zero-order chi connectivity index (χ0) is 14.5. The van der Waals surface area contributed by atoms with Crippen molar-refractivity contribution in [2.24, 2.45) is 5.73 Å². The second-order valence-corrected chi connectivity index (χ2v) is 4.33. The molecule has 0 fully saturated rings. The van der Waals surface area contributed by atoms with Crippen molar-refractivity contribution in [2.75, 3.05) is 17.6 Å². The van der Waals surface area contributed by atoms with Gasteiger partial charge in [0, 0.05) is 31.2 Å². The monoisotopic (exact) mass is 277 g/mol. The molecule has 0 saturated carbocycles. The molecular weight excluding hydrogens is 261 g/mol. The Morgan fingerprint density at radius 2 is 2.25 bits per heavy atom. The number of aromatic nitrogens is 2. The number of halogens is 1. The topological polar surface area (TPSA) is 99.0 Å². The van der Waals surface area contributed by atoms with E-state index in [4.69, 9.17) is 11.5 Å². The van der Waals surface area contributed by atoms with Gasteiger partial charge in [-0.25, -0.2) is 4.39 Å². The number of hydrogen-bond acceptors (Lipinski definition) is 4.